The van der Waals surface area contributed by atoms with E-state index >= 15 is 0 Å². The van der Waals surface area contributed by atoms with E-state index < -0.39 is 17.7 Å². The number of amides is 2. The second-order valence-electron chi connectivity index (χ2n) is 10.9. The molecule has 3 aromatic heterocycles. The Morgan fingerprint density at radius 3 is 2.31 bits per heavy atom. The number of halogens is 1. The number of hydrogen-bond acceptors (Lipinski definition) is 5. The average Bonchev–Trinajstić information content (AvgIpc) is 3.25. The molecule has 4 aromatic rings. The fourth-order valence-electron chi connectivity index (χ4n) is 4.35. The standard InChI is InChI=1S/C30H34FN5O3/c1-18(2)17-23(36(6)29(38)39-30(3,4)5)28(37)34-24-12-11-22-25(19-13-15-32-16-14-19)26(35-27(22)33-24)20-7-9-21(31)10-8-20/h7-16,18,23H,17H2,1-6H3,(H2,33,34,35,37)/t23-/m0/s1. The van der Waals surface area contributed by atoms with Gasteiger partial charge in [-0.2, -0.15) is 0 Å². The van der Waals surface area contributed by atoms with E-state index in [0.717, 1.165) is 27.8 Å². The highest BCUT2D eigenvalue weighted by molar-refractivity contribution is 6.03. The van der Waals surface area contributed by atoms with Crippen molar-refractivity contribution in [2.75, 3.05) is 12.4 Å². The highest BCUT2D eigenvalue weighted by Gasteiger charge is 2.31. The minimum Gasteiger partial charge on any atom is -0.444 e. The van der Waals surface area contributed by atoms with E-state index in [9.17, 15) is 14.0 Å². The van der Waals surface area contributed by atoms with Crippen LogP contribution in [0.3, 0.4) is 0 Å². The molecule has 9 heteroatoms. The van der Waals surface area contributed by atoms with E-state index in [1.54, 1.807) is 58.4 Å². The average molecular weight is 532 g/mol. The summed E-state index contributed by atoms with van der Waals surface area (Å²) in [5, 5.41) is 3.71. The smallest absolute Gasteiger partial charge is 0.410 e. The van der Waals surface area contributed by atoms with E-state index in [2.05, 4.69) is 20.3 Å². The summed E-state index contributed by atoms with van der Waals surface area (Å²) in [4.78, 5) is 39.6. The summed E-state index contributed by atoms with van der Waals surface area (Å²) < 4.78 is 19.1. The molecule has 8 nitrogen and oxygen atoms in total. The highest BCUT2D eigenvalue weighted by atomic mass is 19.1. The van der Waals surface area contributed by atoms with Crippen molar-refractivity contribution < 1.29 is 18.7 Å². The zero-order valence-corrected chi connectivity index (χ0v) is 23.1. The first-order chi connectivity index (χ1) is 18.4. The van der Waals surface area contributed by atoms with Gasteiger partial charge in [0.25, 0.3) is 0 Å². The van der Waals surface area contributed by atoms with Gasteiger partial charge >= 0.3 is 6.09 Å². The van der Waals surface area contributed by atoms with Gasteiger partial charge in [0.15, 0.2) is 0 Å². The molecule has 39 heavy (non-hydrogen) atoms. The van der Waals surface area contributed by atoms with Gasteiger partial charge in [0.2, 0.25) is 5.91 Å². The van der Waals surface area contributed by atoms with Crippen molar-refractivity contribution in [2.45, 2.75) is 52.7 Å². The first-order valence-electron chi connectivity index (χ1n) is 12.9. The predicted octanol–water partition coefficient (Wildman–Crippen LogP) is 6.65. The summed E-state index contributed by atoms with van der Waals surface area (Å²) in [5.74, 6) is -0.183. The molecule has 0 aliphatic heterocycles. The Balaban J connectivity index is 1.68. The third-order valence-corrected chi connectivity index (χ3v) is 6.16. The number of hydrogen-bond donors (Lipinski definition) is 2. The number of fused-ring (bicyclic) bond motifs is 1. The maximum Gasteiger partial charge on any atom is 0.410 e. The van der Waals surface area contributed by atoms with Crippen molar-refractivity contribution in [1.82, 2.24) is 19.9 Å². The molecular weight excluding hydrogens is 497 g/mol. The lowest BCUT2D eigenvalue weighted by molar-refractivity contribution is -0.121. The largest absolute Gasteiger partial charge is 0.444 e. The van der Waals surface area contributed by atoms with E-state index in [0.29, 0.717) is 17.9 Å². The quantitative estimate of drug-likeness (QED) is 0.278. The summed E-state index contributed by atoms with van der Waals surface area (Å²) in [6, 6.07) is 12.9. The molecule has 0 fully saturated rings. The first-order valence-corrected chi connectivity index (χ1v) is 12.9. The van der Waals surface area contributed by atoms with Crippen LogP contribution < -0.4 is 5.32 Å². The van der Waals surface area contributed by atoms with Gasteiger partial charge in [-0.25, -0.2) is 14.2 Å². The molecular formula is C30H34FN5O3. The fraction of sp³-hybridized carbons (Fsp3) is 0.333. The molecule has 4 rings (SSSR count). The fourth-order valence-corrected chi connectivity index (χ4v) is 4.35. The molecule has 1 aromatic carbocycles. The molecule has 0 aliphatic rings. The van der Waals surface area contributed by atoms with Crippen molar-refractivity contribution in [3.05, 3.63) is 66.7 Å². The summed E-state index contributed by atoms with van der Waals surface area (Å²) in [5.41, 5.74) is 3.26. The lowest BCUT2D eigenvalue weighted by Crippen LogP contribution is -2.47. The van der Waals surface area contributed by atoms with Gasteiger partial charge in [-0.05, 0) is 92.8 Å². The third-order valence-electron chi connectivity index (χ3n) is 6.16. The lowest BCUT2D eigenvalue weighted by Gasteiger charge is -2.30. The zero-order chi connectivity index (χ0) is 28.3. The number of carbonyl (C=O) groups excluding carboxylic acids is 2. The summed E-state index contributed by atoms with van der Waals surface area (Å²) in [6.45, 7) is 9.33. The van der Waals surface area contributed by atoms with Gasteiger partial charge in [0.1, 0.15) is 28.9 Å². The van der Waals surface area contributed by atoms with Gasteiger partial charge in [0, 0.05) is 30.4 Å². The Bertz CT molecular complexity index is 1460. The second-order valence-corrected chi connectivity index (χ2v) is 10.9. The maximum absolute atomic E-state index is 13.6. The number of nitrogens with zero attached hydrogens (tertiary/aromatic N) is 3. The third kappa shape index (κ3) is 6.60. The minimum absolute atomic E-state index is 0.158. The number of ether oxygens (including phenoxy) is 1. The van der Waals surface area contributed by atoms with Gasteiger partial charge in [0.05, 0.1) is 5.69 Å². The van der Waals surface area contributed by atoms with E-state index in [1.807, 2.05) is 32.0 Å². The number of anilines is 1. The molecule has 2 N–H and O–H groups in total. The molecule has 0 spiro atoms. The first kappa shape index (κ1) is 27.8. The summed E-state index contributed by atoms with van der Waals surface area (Å²) in [6.07, 6.45) is 3.30. The number of rotatable bonds is 7. The Morgan fingerprint density at radius 1 is 1.03 bits per heavy atom. The number of pyridine rings is 2. The molecule has 0 unspecified atom stereocenters. The van der Waals surface area contributed by atoms with Crippen LogP contribution >= 0.6 is 0 Å². The Morgan fingerprint density at radius 2 is 1.69 bits per heavy atom. The molecule has 0 aliphatic carbocycles. The van der Waals surface area contributed by atoms with E-state index in [4.69, 9.17) is 4.74 Å². The van der Waals surface area contributed by atoms with Crippen molar-refractivity contribution in [2.24, 2.45) is 5.92 Å². The Labute approximate surface area is 227 Å². The monoisotopic (exact) mass is 531 g/mol. The predicted molar refractivity (Wildman–Crippen MR) is 151 cm³/mol. The molecule has 0 bridgehead atoms. The molecule has 3 heterocycles. The molecule has 204 valence electrons. The molecule has 1 atom stereocenters. The maximum atomic E-state index is 13.6. The van der Waals surface area contributed by atoms with Crippen molar-refractivity contribution >= 4 is 28.9 Å². The molecule has 0 radical (unpaired) electrons. The Hall–Kier alpha value is -4.27. The van der Waals surface area contributed by atoms with Crippen LogP contribution in [-0.4, -0.2) is 50.5 Å². The van der Waals surface area contributed by atoms with Crippen molar-refractivity contribution in [1.29, 1.82) is 0 Å². The topological polar surface area (TPSA) is 100 Å². The van der Waals surface area contributed by atoms with Gasteiger partial charge in [-0.1, -0.05) is 13.8 Å². The number of carbonyl (C=O) groups is 2. The molecule has 2 amide bonds. The van der Waals surface area contributed by atoms with Crippen LogP contribution in [0.1, 0.15) is 41.0 Å². The number of H-pyrrole nitrogens is 1. The molecule has 0 saturated heterocycles. The van der Waals surface area contributed by atoms with Crippen LogP contribution in [0, 0.1) is 11.7 Å². The minimum atomic E-state index is -0.747. The van der Waals surface area contributed by atoms with E-state index in [-0.39, 0.29) is 17.6 Å². The van der Waals surface area contributed by atoms with Crippen molar-refractivity contribution in [3.8, 4) is 22.4 Å². The van der Waals surface area contributed by atoms with Gasteiger partial charge < -0.3 is 15.0 Å². The summed E-state index contributed by atoms with van der Waals surface area (Å²) in [7, 11) is 1.57. The highest BCUT2D eigenvalue weighted by Crippen LogP contribution is 2.38. The van der Waals surface area contributed by atoms with Crippen LogP contribution in [-0.2, 0) is 9.53 Å². The number of nitrogens with one attached hydrogen (secondary N) is 2. The van der Waals surface area contributed by atoms with Crippen LogP contribution in [0.15, 0.2) is 60.9 Å². The summed E-state index contributed by atoms with van der Waals surface area (Å²) >= 11 is 0. The normalized spacial score (nSPS) is 12.4. The molecule has 0 saturated carbocycles. The Kier molecular flexibility index (Phi) is 7.99. The number of aromatic amines is 1. The van der Waals surface area contributed by atoms with Crippen LogP contribution in [0.4, 0.5) is 15.0 Å². The van der Waals surface area contributed by atoms with Gasteiger partial charge in [-0.3, -0.25) is 14.7 Å². The number of aromatic nitrogens is 3. The number of benzene rings is 1. The zero-order valence-electron chi connectivity index (χ0n) is 23.1. The second kappa shape index (κ2) is 11.2. The van der Waals surface area contributed by atoms with Crippen molar-refractivity contribution in [3.63, 3.8) is 0 Å². The van der Waals surface area contributed by atoms with Gasteiger partial charge in [-0.15, -0.1) is 0 Å². The lowest BCUT2D eigenvalue weighted by atomic mass is 10.00. The van der Waals surface area contributed by atoms with Crippen LogP contribution in [0.25, 0.3) is 33.4 Å². The number of likely N-dealkylation sites (N-methyl/N-ethyl adjacent to an activating group) is 1. The SMILES string of the molecule is CC(C)C[C@@H](C(=O)Nc1ccc2c(-c3ccncc3)c(-c3ccc(F)cc3)[nH]c2n1)N(C)C(=O)OC(C)(C)C. The van der Waals surface area contributed by atoms with Crippen LogP contribution in [0.2, 0.25) is 0 Å². The van der Waals surface area contributed by atoms with E-state index in [1.165, 1.54) is 17.0 Å². The van der Waals surface area contributed by atoms with Crippen LogP contribution in [0.5, 0.6) is 0 Å².